The first-order valence-corrected chi connectivity index (χ1v) is 8.90. The van der Waals surface area contributed by atoms with Crippen LogP contribution in [0.5, 0.6) is 0 Å². The maximum Gasteiger partial charge on any atom is 0.0662 e. The summed E-state index contributed by atoms with van der Waals surface area (Å²) < 4.78 is 0. The molecule has 0 aliphatic carbocycles. The highest BCUT2D eigenvalue weighted by Gasteiger charge is 2.07. The topological polar surface area (TPSA) is 51.3 Å². The molecule has 0 atom stereocenters. The molecule has 134 valence electrons. The van der Waals surface area contributed by atoms with Crippen molar-refractivity contribution in [3.05, 3.63) is 102 Å². The van der Waals surface area contributed by atoms with Crippen LogP contribution < -0.4 is 5.73 Å². The van der Waals surface area contributed by atoms with E-state index < -0.39 is 0 Å². The third kappa shape index (κ3) is 4.59. The molecule has 0 aliphatic rings. The summed E-state index contributed by atoms with van der Waals surface area (Å²) in [6, 6.07) is 18.5. The van der Waals surface area contributed by atoms with E-state index in [9.17, 15) is 0 Å². The number of benzene rings is 2. The van der Waals surface area contributed by atoms with E-state index in [1.165, 1.54) is 6.20 Å². The van der Waals surface area contributed by atoms with Gasteiger partial charge < -0.3 is 5.73 Å². The molecule has 3 rings (SSSR count). The van der Waals surface area contributed by atoms with E-state index >= 15 is 0 Å². The van der Waals surface area contributed by atoms with Crippen LogP contribution in [-0.4, -0.2) is 10.7 Å². The zero-order valence-electron chi connectivity index (χ0n) is 15.6. The van der Waals surface area contributed by atoms with Crippen molar-refractivity contribution in [3.63, 3.8) is 0 Å². The molecule has 0 fully saturated rings. The van der Waals surface area contributed by atoms with Crippen molar-refractivity contribution in [2.24, 2.45) is 10.7 Å². The zero-order valence-corrected chi connectivity index (χ0v) is 15.6. The average Bonchev–Trinajstić information content (AvgIpc) is 2.70. The van der Waals surface area contributed by atoms with E-state index in [1.807, 2.05) is 49.5 Å². The van der Waals surface area contributed by atoms with Crippen molar-refractivity contribution in [3.8, 4) is 11.1 Å². The van der Waals surface area contributed by atoms with E-state index in [0.29, 0.717) is 0 Å². The van der Waals surface area contributed by atoms with Crippen molar-refractivity contribution in [1.82, 2.24) is 4.98 Å². The number of nitrogens with two attached hydrogens (primary N) is 1. The van der Waals surface area contributed by atoms with Gasteiger partial charge >= 0.3 is 0 Å². The van der Waals surface area contributed by atoms with Crippen LogP contribution in [0.3, 0.4) is 0 Å². The summed E-state index contributed by atoms with van der Waals surface area (Å²) in [5.74, 6) is 0. The molecule has 0 saturated carbocycles. The highest BCUT2D eigenvalue weighted by molar-refractivity contribution is 6.03. The smallest absolute Gasteiger partial charge is 0.0662 e. The minimum atomic E-state index is 0.971. The Kier molecular flexibility index (Phi) is 5.95. The van der Waals surface area contributed by atoms with Gasteiger partial charge in [-0.05, 0) is 61.0 Å². The molecule has 0 amide bonds. The quantitative estimate of drug-likeness (QED) is 0.473. The van der Waals surface area contributed by atoms with Crippen LogP contribution in [0, 0.1) is 6.92 Å². The van der Waals surface area contributed by atoms with Crippen LogP contribution in [0.25, 0.3) is 17.2 Å². The van der Waals surface area contributed by atoms with Crippen LogP contribution in [0.1, 0.15) is 23.6 Å². The molecule has 2 aromatic carbocycles. The number of rotatable bonds is 5. The number of nitrogens with zero attached hydrogens (tertiary/aromatic N) is 2. The van der Waals surface area contributed by atoms with E-state index in [0.717, 1.165) is 39.2 Å². The molecule has 3 heteroatoms. The highest BCUT2D eigenvalue weighted by atomic mass is 14.7. The normalized spacial score (nSPS) is 12.1. The van der Waals surface area contributed by atoms with Gasteiger partial charge in [0.05, 0.1) is 5.69 Å². The predicted octanol–water partition coefficient (Wildman–Crippen LogP) is 5.68. The number of allylic oxidation sites excluding steroid dienone is 2. The summed E-state index contributed by atoms with van der Waals surface area (Å²) in [4.78, 5) is 9.07. The van der Waals surface area contributed by atoms with Crippen LogP contribution in [0.4, 0.5) is 5.69 Å². The Morgan fingerprint density at radius 3 is 2.59 bits per heavy atom. The Morgan fingerprint density at radius 1 is 1.00 bits per heavy atom. The maximum atomic E-state index is 5.47. The maximum absolute atomic E-state index is 5.47. The van der Waals surface area contributed by atoms with Crippen molar-refractivity contribution >= 4 is 17.5 Å². The van der Waals surface area contributed by atoms with Crippen molar-refractivity contribution in [2.75, 3.05) is 0 Å². The SMILES string of the molecule is C/C(=N\c1ccccc1C)c1ccc(-c2cccnc2)cc1/C=C/C=C\N. The van der Waals surface area contributed by atoms with Crippen LogP contribution in [0.15, 0.2) is 90.3 Å². The second-order valence-corrected chi connectivity index (χ2v) is 6.27. The molecule has 2 N–H and O–H groups in total. The molecule has 1 heterocycles. The number of para-hydroxylation sites is 1. The lowest BCUT2D eigenvalue weighted by molar-refractivity contribution is 1.33. The summed E-state index contributed by atoms with van der Waals surface area (Å²) >= 11 is 0. The fourth-order valence-electron chi connectivity index (χ4n) is 2.90. The first-order chi connectivity index (χ1) is 13.2. The van der Waals surface area contributed by atoms with Gasteiger partial charge in [0, 0.05) is 29.2 Å². The van der Waals surface area contributed by atoms with Gasteiger partial charge in [-0.15, -0.1) is 0 Å². The van der Waals surface area contributed by atoms with Crippen molar-refractivity contribution in [2.45, 2.75) is 13.8 Å². The van der Waals surface area contributed by atoms with Crippen molar-refractivity contribution < 1.29 is 0 Å². The Bertz CT molecular complexity index is 999. The lowest BCUT2D eigenvalue weighted by Gasteiger charge is -2.10. The minimum absolute atomic E-state index is 0.971. The lowest BCUT2D eigenvalue weighted by atomic mass is 9.97. The largest absolute Gasteiger partial charge is 0.405 e. The number of hydrogen-bond acceptors (Lipinski definition) is 3. The first kappa shape index (κ1) is 18.3. The Morgan fingerprint density at radius 2 is 1.85 bits per heavy atom. The van der Waals surface area contributed by atoms with E-state index in [1.54, 1.807) is 6.20 Å². The van der Waals surface area contributed by atoms with Crippen LogP contribution in [0.2, 0.25) is 0 Å². The van der Waals surface area contributed by atoms with Gasteiger partial charge in [0.25, 0.3) is 0 Å². The third-order valence-electron chi connectivity index (χ3n) is 4.34. The summed E-state index contributed by atoms with van der Waals surface area (Å²) in [5, 5.41) is 0. The molecule has 0 aliphatic heterocycles. The van der Waals surface area contributed by atoms with Crippen molar-refractivity contribution in [1.29, 1.82) is 0 Å². The van der Waals surface area contributed by atoms with E-state index in [2.05, 4.69) is 48.3 Å². The highest BCUT2D eigenvalue weighted by Crippen LogP contribution is 2.25. The molecule has 0 bridgehead atoms. The zero-order chi connectivity index (χ0) is 19.1. The number of pyridine rings is 1. The van der Waals surface area contributed by atoms with Gasteiger partial charge in [0.1, 0.15) is 0 Å². The number of aryl methyl sites for hydroxylation is 1. The molecule has 0 saturated heterocycles. The summed E-state index contributed by atoms with van der Waals surface area (Å²) in [5.41, 5.74) is 13.0. The second-order valence-electron chi connectivity index (χ2n) is 6.27. The summed E-state index contributed by atoms with van der Waals surface area (Å²) in [7, 11) is 0. The molecule has 0 unspecified atom stereocenters. The van der Waals surface area contributed by atoms with Gasteiger partial charge in [0.15, 0.2) is 0 Å². The van der Waals surface area contributed by atoms with Crippen LogP contribution in [-0.2, 0) is 0 Å². The Labute approximate surface area is 160 Å². The Hall–Kier alpha value is -3.46. The first-order valence-electron chi connectivity index (χ1n) is 8.90. The van der Waals surface area contributed by atoms with Crippen LogP contribution >= 0.6 is 0 Å². The monoisotopic (exact) mass is 353 g/mol. The molecular weight excluding hydrogens is 330 g/mol. The molecule has 3 aromatic rings. The molecule has 3 nitrogen and oxygen atoms in total. The molecule has 27 heavy (non-hydrogen) atoms. The Balaban J connectivity index is 2.07. The molecule has 0 spiro atoms. The molecule has 1 aromatic heterocycles. The van der Waals surface area contributed by atoms with E-state index in [4.69, 9.17) is 10.7 Å². The van der Waals surface area contributed by atoms with Gasteiger partial charge in [-0.2, -0.15) is 0 Å². The van der Waals surface area contributed by atoms with Gasteiger partial charge in [0.2, 0.25) is 0 Å². The fourth-order valence-corrected chi connectivity index (χ4v) is 2.90. The number of aromatic nitrogens is 1. The van der Waals surface area contributed by atoms with E-state index in [-0.39, 0.29) is 0 Å². The summed E-state index contributed by atoms with van der Waals surface area (Å²) in [6.07, 6.45) is 11.0. The van der Waals surface area contributed by atoms with Gasteiger partial charge in [-0.1, -0.05) is 48.6 Å². The molecule has 0 radical (unpaired) electrons. The minimum Gasteiger partial charge on any atom is -0.405 e. The average molecular weight is 353 g/mol. The lowest BCUT2D eigenvalue weighted by Crippen LogP contribution is -1.98. The second kappa shape index (κ2) is 8.77. The fraction of sp³-hybridized carbons (Fsp3) is 0.0833. The number of aliphatic imine (C=N–C) groups is 1. The van der Waals surface area contributed by atoms with Gasteiger partial charge in [-0.3, -0.25) is 9.98 Å². The standard InChI is InChI=1S/C24H23N3/c1-18-8-3-4-11-24(18)27-19(2)23-13-12-20(22-10-7-15-26-17-22)16-21(23)9-5-6-14-25/h3-17H,25H2,1-2H3/b9-5+,14-6-,27-19+. The molecular formula is C24H23N3. The number of hydrogen-bond donors (Lipinski definition) is 1. The van der Waals surface area contributed by atoms with Gasteiger partial charge in [-0.25, -0.2) is 0 Å². The third-order valence-corrected chi connectivity index (χ3v) is 4.34. The summed E-state index contributed by atoms with van der Waals surface area (Å²) in [6.45, 7) is 4.12. The predicted molar refractivity (Wildman–Crippen MR) is 115 cm³/mol.